The van der Waals surface area contributed by atoms with Crippen LogP contribution in [0.4, 0.5) is 10.1 Å². The average molecular weight is 334 g/mol. The molecule has 102 valence electrons. The van der Waals surface area contributed by atoms with Crippen molar-refractivity contribution in [3.63, 3.8) is 0 Å². The van der Waals surface area contributed by atoms with E-state index in [1.54, 1.807) is 25.2 Å². The second-order valence-corrected chi connectivity index (χ2v) is 5.90. The van der Waals surface area contributed by atoms with Gasteiger partial charge in [0.15, 0.2) is 0 Å². The molecule has 1 aliphatic heterocycles. The quantitative estimate of drug-likeness (QED) is 0.817. The minimum atomic E-state index is -1.97. The molecule has 2 aromatic rings. The van der Waals surface area contributed by atoms with Crippen LogP contribution in [0.2, 0.25) is 0 Å². The lowest BCUT2D eigenvalue weighted by Gasteiger charge is -2.19. The molecule has 1 unspecified atom stereocenters. The van der Waals surface area contributed by atoms with E-state index < -0.39 is 11.6 Å². The normalized spacial score (nSPS) is 21.1. The monoisotopic (exact) mass is 333 g/mol. The fourth-order valence-electron chi connectivity index (χ4n) is 2.65. The Balaban J connectivity index is 2.03. The molecule has 1 aliphatic rings. The molecular formula is C16H13BrFNO. The van der Waals surface area contributed by atoms with Gasteiger partial charge < -0.3 is 4.90 Å². The van der Waals surface area contributed by atoms with Gasteiger partial charge in [0.25, 0.3) is 5.91 Å². The van der Waals surface area contributed by atoms with Crippen molar-refractivity contribution in [2.75, 3.05) is 11.9 Å². The second kappa shape index (κ2) is 4.70. The first-order valence-corrected chi connectivity index (χ1v) is 7.13. The summed E-state index contributed by atoms with van der Waals surface area (Å²) >= 11 is 3.35. The number of rotatable bonds is 2. The second-order valence-electron chi connectivity index (χ2n) is 4.99. The lowest BCUT2D eigenvalue weighted by atomic mass is 9.90. The largest absolute Gasteiger partial charge is 0.312 e. The highest BCUT2D eigenvalue weighted by Gasteiger charge is 2.50. The Kier molecular flexibility index (Phi) is 3.13. The van der Waals surface area contributed by atoms with E-state index in [1.165, 1.54) is 4.90 Å². The smallest absolute Gasteiger partial charge is 0.269 e. The summed E-state index contributed by atoms with van der Waals surface area (Å²) in [5.41, 5.74) is -0.0687. The molecule has 0 N–H and O–H groups in total. The van der Waals surface area contributed by atoms with Crippen LogP contribution in [0.15, 0.2) is 53.0 Å². The molecule has 0 aromatic heterocycles. The van der Waals surface area contributed by atoms with Crippen molar-refractivity contribution in [2.45, 2.75) is 12.1 Å². The summed E-state index contributed by atoms with van der Waals surface area (Å²) in [5, 5.41) is 0. The molecule has 0 saturated carbocycles. The van der Waals surface area contributed by atoms with Gasteiger partial charge in [0.05, 0.1) is 5.69 Å². The number of halogens is 2. The zero-order valence-corrected chi connectivity index (χ0v) is 12.5. The first-order valence-electron chi connectivity index (χ1n) is 6.33. The highest BCUT2D eigenvalue weighted by Crippen LogP contribution is 2.44. The van der Waals surface area contributed by atoms with Crippen molar-refractivity contribution < 1.29 is 9.18 Å². The SMILES string of the molecule is CN1C(=O)C(F)(Cc2ccc(Br)cc2)c2ccccc21. The van der Waals surface area contributed by atoms with Crippen LogP contribution in [0.5, 0.6) is 0 Å². The van der Waals surface area contributed by atoms with Crippen LogP contribution in [0.1, 0.15) is 11.1 Å². The van der Waals surface area contributed by atoms with Crippen LogP contribution in [0.3, 0.4) is 0 Å². The summed E-state index contributed by atoms with van der Waals surface area (Å²) in [6.07, 6.45) is 0.0560. The number of nitrogens with zero attached hydrogens (tertiary/aromatic N) is 1. The Hall–Kier alpha value is -1.68. The van der Waals surface area contributed by atoms with Gasteiger partial charge >= 0.3 is 0 Å². The Morgan fingerprint density at radius 2 is 1.80 bits per heavy atom. The maximum absolute atomic E-state index is 15.3. The highest BCUT2D eigenvalue weighted by molar-refractivity contribution is 9.10. The van der Waals surface area contributed by atoms with Crippen LogP contribution in [0.25, 0.3) is 0 Å². The van der Waals surface area contributed by atoms with Gasteiger partial charge in [-0.2, -0.15) is 0 Å². The van der Waals surface area contributed by atoms with Gasteiger partial charge in [0.2, 0.25) is 5.67 Å². The van der Waals surface area contributed by atoms with Gasteiger partial charge in [-0.1, -0.05) is 46.3 Å². The van der Waals surface area contributed by atoms with Crippen LogP contribution in [-0.4, -0.2) is 13.0 Å². The summed E-state index contributed by atoms with van der Waals surface area (Å²) < 4.78 is 16.3. The third-order valence-electron chi connectivity index (χ3n) is 3.70. The molecule has 0 spiro atoms. The third kappa shape index (κ3) is 1.95. The molecule has 1 amide bonds. The molecule has 0 fully saturated rings. The Morgan fingerprint density at radius 3 is 2.50 bits per heavy atom. The Morgan fingerprint density at radius 1 is 1.15 bits per heavy atom. The number of amides is 1. The van der Waals surface area contributed by atoms with Gasteiger partial charge in [0, 0.05) is 23.5 Å². The molecule has 2 aromatic carbocycles. The van der Waals surface area contributed by atoms with Crippen molar-refractivity contribution in [1.29, 1.82) is 0 Å². The van der Waals surface area contributed by atoms with Crippen LogP contribution in [0, 0.1) is 0 Å². The molecule has 3 rings (SSSR count). The summed E-state index contributed by atoms with van der Waals surface area (Å²) in [5.74, 6) is -0.499. The van der Waals surface area contributed by atoms with E-state index >= 15 is 4.39 Å². The molecule has 4 heteroatoms. The van der Waals surface area contributed by atoms with E-state index in [9.17, 15) is 4.79 Å². The number of likely N-dealkylation sites (N-methyl/N-ethyl adjacent to an activating group) is 1. The van der Waals surface area contributed by atoms with E-state index in [0.29, 0.717) is 11.3 Å². The third-order valence-corrected chi connectivity index (χ3v) is 4.23. The zero-order valence-electron chi connectivity index (χ0n) is 10.9. The summed E-state index contributed by atoms with van der Waals surface area (Å²) in [6, 6.07) is 14.4. The number of hydrogen-bond donors (Lipinski definition) is 0. The van der Waals surface area contributed by atoms with Crippen molar-refractivity contribution >= 4 is 27.5 Å². The molecule has 0 radical (unpaired) electrons. The standard InChI is InChI=1S/C16H13BrFNO/c1-19-14-5-3-2-4-13(14)16(18,15(19)20)10-11-6-8-12(17)9-7-11/h2-9H,10H2,1H3. The van der Waals surface area contributed by atoms with Gasteiger partial charge in [-0.3, -0.25) is 4.79 Å². The van der Waals surface area contributed by atoms with Gasteiger partial charge in [-0.25, -0.2) is 4.39 Å². The van der Waals surface area contributed by atoms with E-state index in [-0.39, 0.29) is 6.42 Å². The van der Waals surface area contributed by atoms with Gasteiger partial charge in [0.1, 0.15) is 0 Å². The van der Waals surface area contributed by atoms with Gasteiger partial charge in [-0.05, 0) is 23.8 Å². The van der Waals surface area contributed by atoms with E-state index in [4.69, 9.17) is 0 Å². The van der Waals surface area contributed by atoms with Crippen LogP contribution in [-0.2, 0) is 16.9 Å². The maximum atomic E-state index is 15.3. The molecule has 2 nitrogen and oxygen atoms in total. The molecule has 0 bridgehead atoms. The number of alkyl halides is 1. The van der Waals surface area contributed by atoms with Crippen LogP contribution >= 0.6 is 15.9 Å². The summed E-state index contributed by atoms with van der Waals surface area (Å²) in [6.45, 7) is 0. The number of carbonyl (C=O) groups is 1. The number of benzene rings is 2. The van der Waals surface area contributed by atoms with Crippen molar-refractivity contribution in [3.8, 4) is 0 Å². The topological polar surface area (TPSA) is 20.3 Å². The van der Waals surface area contributed by atoms with E-state index in [2.05, 4.69) is 15.9 Å². The molecule has 20 heavy (non-hydrogen) atoms. The van der Waals surface area contributed by atoms with Crippen molar-refractivity contribution in [2.24, 2.45) is 0 Å². The Bertz CT molecular complexity index is 670. The molecule has 0 saturated heterocycles. The predicted molar refractivity (Wildman–Crippen MR) is 80.5 cm³/mol. The Labute approximate surface area is 125 Å². The zero-order chi connectivity index (χ0) is 14.3. The molecule has 1 atom stereocenters. The number of hydrogen-bond acceptors (Lipinski definition) is 1. The number of carbonyl (C=O) groups excluding carboxylic acids is 1. The fraction of sp³-hybridized carbons (Fsp3) is 0.188. The van der Waals surface area contributed by atoms with Crippen LogP contribution < -0.4 is 4.90 Å². The first-order chi connectivity index (χ1) is 9.52. The molecule has 1 heterocycles. The highest BCUT2D eigenvalue weighted by atomic mass is 79.9. The lowest BCUT2D eigenvalue weighted by Crippen LogP contribution is -2.36. The van der Waals surface area contributed by atoms with Crippen molar-refractivity contribution in [3.05, 3.63) is 64.1 Å². The van der Waals surface area contributed by atoms with E-state index in [1.807, 2.05) is 30.3 Å². The average Bonchev–Trinajstić information content (AvgIpc) is 2.65. The minimum Gasteiger partial charge on any atom is -0.312 e. The summed E-state index contributed by atoms with van der Waals surface area (Å²) in [4.78, 5) is 13.7. The predicted octanol–water partition coefficient (Wildman–Crippen LogP) is 3.83. The number of fused-ring (bicyclic) bond motifs is 1. The fourth-order valence-corrected chi connectivity index (χ4v) is 2.91. The summed E-state index contributed by atoms with van der Waals surface area (Å²) in [7, 11) is 1.62. The first kappa shape index (κ1) is 13.3. The van der Waals surface area contributed by atoms with E-state index in [0.717, 1.165) is 10.0 Å². The maximum Gasteiger partial charge on any atom is 0.269 e. The molecular weight excluding hydrogens is 321 g/mol. The molecule has 0 aliphatic carbocycles. The number of anilines is 1. The minimum absolute atomic E-state index is 0.0560. The van der Waals surface area contributed by atoms with Gasteiger partial charge in [-0.15, -0.1) is 0 Å². The number of para-hydroxylation sites is 1. The van der Waals surface area contributed by atoms with Crippen molar-refractivity contribution in [1.82, 2.24) is 0 Å². The lowest BCUT2D eigenvalue weighted by molar-refractivity contribution is -0.129.